The van der Waals surface area contributed by atoms with Crippen molar-refractivity contribution in [2.45, 2.75) is 32.9 Å². The molecule has 1 aromatic rings. The Morgan fingerprint density at radius 1 is 1.45 bits per heavy atom. The summed E-state index contributed by atoms with van der Waals surface area (Å²) in [6.45, 7) is 7.88. The number of nitrogens with one attached hydrogen (secondary N) is 1. The van der Waals surface area contributed by atoms with Gasteiger partial charge in [-0.3, -0.25) is 4.98 Å². The van der Waals surface area contributed by atoms with Gasteiger partial charge in [0.15, 0.2) is 0 Å². The van der Waals surface area contributed by atoms with Crippen molar-refractivity contribution in [3.05, 3.63) is 29.6 Å². The number of pyridine rings is 1. The first-order valence-electron chi connectivity index (χ1n) is 7.68. The van der Waals surface area contributed by atoms with Gasteiger partial charge in [0, 0.05) is 32.4 Å². The summed E-state index contributed by atoms with van der Waals surface area (Å²) in [4.78, 5) is 6.90. The summed E-state index contributed by atoms with van der Waals surface area (Å²) in [6, 6.07) is 4.31. The van der Waals surface area contributed by atoms with Crippen molar-refractivity contribution in [1.29, 1.82) is 0 Å². The monoisotopic (exact) mass is 277 g/mol. The summed E-state index contributed by atoms with van der Waals surface area (Å²) >= 11 is 0. The van der Waals surface area contributed by atoms with E-state index in [9.17, 15) is 0 Å². The van der Waals surface area contributed by atoms with E-state index in [2.05, 4.69) is 41.3 Å². The molecule has 0 radical (unpaired) electrons. The normalized spacial score (nSPS) is 19.4. The quantitative estimate of drug-likeness (QED) is 0.828. The first-order chi connectivity index (χ1) is 9.78. The standard InChI is InChI=1S/C16H27N3O/c1-3-17-9-14-6-7-16(18-10-14)12-19(2)11-15-5-4-8-20-13-15/h6-7,10,15,17H,3-5,8-9,11-13H2,1-2H3. The first kappa shape index (κ1) is 15.4. The lowest BCUT2D eigenvalue weighted by atomic mass is 10.0. The topological polar surface area (TPSA) is 37.4 Å². The molecule has 4 heteroatoms. The molecule has 0 amide bonds. The summed E-state index contributed by atoms with van der Waals surface area (Å²) in [6.07, 6.45) is 4.48. The average molecular weight is 277 g/mol. The first-order valence-corrected chi connectivity index (χ1v) is 7.68. The maximum atomic E-state index is 5.54. The Kier molecular flexibility index (Phi) is 6.43. The fourth-order valence-electron chi connectivity index (χ4n) is 2.66. The molecule has 0 bridgehead atoms. The Balaban J connectivity index is 1.76. The van der Waals surface area contributed by atoms with E-state index in [1.807, 2.05) is 6.20 Å². The highest BCUT2D eigenvalue weighted by atomic mass is 16.5. The second kappa shape index (κ2) is 8.35. The summed E-state index contributed by atoms with van der Waals surface area (Å²) in [5, 5.41) is 3.31. The third kappa shape index (κ3) is 5.19. The van der Waals surface area contributed by atoms with Crippen LogP contribution in [0.25, 0.3) is 0 Å². The zero-order valence-electron chi connectivity index (χ0n) is 12.8. The zero-order valence-corrected chi connectivity index (χ0v) is 12.8. The molecule has 20 heavy (non-hydrogen) atoms. The Bertz CT molecular complexity index is 374. The van der Waals surface area contributed by atoms with Crippen molar-refractivity contribution in [2.75, 3.05) is 33.4 Å². The molecule has 0 spiro atoms. The predicted octanol–water partition coefficient (Wildman–Crippen LogP) is 2.05. The van der Waals surface area contributed by atoms with Crippen LogP contribution in [-0.4, -0.2) is 43.2 Å². The summed E-state index contributed by atoms with van der Waals surface area (Å²) in [5.74, 6) is 0.682. The van der Waals surface area contributed by atoms with Crippen molar-refractivity contribution in [2.24, 2.45) is 5.92 Å². The van der Waals surface area contributed by atoms with Crippen LogP contribution in [0, 0.1) is 5.92 Å². The van der Waals surface area contributed by atoms with Crippen LogP contribution in [0.1, 0.15) is 31.0 Å². The Morgan fingerprint density at radius 3 is 3.00 bits per heavy atom. The second-order valence-electron chi connectivity index (χ2n) is 5.72. The van der Waals surface area contributed by atoms with Crippen LogP contribution in [0.3, 0.4) is 0 Å². The van der Waals surface area contributed by atoms with Crippen molar-refractivity contribution in [3.8, 4) is 0 Å². The fraction of sp³-hybridized carbons (Fsp3) is 0.688. The highest BCUT2D eigenvalue weighted by molar-refractivity contribution is 5.13. The van der Waals surface area contributed by atoms with E-state index in [1.54, 1.807) is 0 Å². The van der Waals surface area contributed by atoms with Gasteiger partial charge in [-0.05, 0) is 44.0 Å². The van der Waals surface area contributed by atoms with Gasteiger partial charge < -0.3 is 15.0 Å². The van der Waals surface area contributed by atoms with Crippen LogP contribution in [0.4, 0.5) is 0 Å². The van der Waals surface area contributed by atoms with Gasteiger partial charge in [-0.25, -0.2) is 0 Å². The van der Waals surface area contributed by atoms with Gasteiger partial charge in [0.1, 0.15) is 0 Å². The number of hydrogen-bond acceptors (Lipinski definition) is 4. The maximum Gasteiger partial charge on any atom is 0.0544 e. The van der Waals surface area contributed by atoms with Gasteiger partial charge in [-0.2, -0.15) is 0 Å². The van der Waals surface area contributed by atoms with E-state index in [0.717, 1.165) is 45.1 Å². The molecule has 0 aliphatic carbocycles. The van der Waals surface area contributed by atoms with Gasteiger partial charge in [0.2, 0.25) is 0 Å². The molecule has 1 aliphatic rings. The van der Waals surface area contributed by atoms with E-state index < -0.39 is 0 Å². The third-order valence-electron chi connectivity index (χ3n) is 3.72. The molecule has 112 valence electrons. The SMILES string of the molecule is CCNCc1ccc(CN(C)CC2CCCOC2)nc1. The molecular weight excluding hydrogens is 250 g/mol. The highest BCUT2D eigenvalue weighted by Crippen LogP contribution is 2.15. The van der Waals surface area contributed by atoms with Crippen molar-refractivity contribution in [1.82, 2.24) is 15.2 Å². The third-order valence-corrected chi connectivity index (χ3v) is 3.72. The second-order valence-corrected chi connectivity index (χ2v) is 5.72. The molecule has 1 N–H and O–H groups in total. The van der Waals surface area contributed by atoms with Gasteiger partial charge in [0.05, 0.1) is 12.3 Å². The van der Waals surface area contributed by atoms with Crippen molar-refractivity contribution >= 4 is 0 Å². The van der Waals surface area contributed by atoms with Gasteiger partial charge >= 0.3 is 0 Å². The van der Waals surface area contributed by atoms with Crippen LogP contribution in [-0.2, 0) is 17.8 Å². The number of hydrogen-bond donors (Lipinski definition) is 1. The highest BCUT2D eigenvalue weighted by Gasteiger charge is 2.16. The molecule has 0 saturated carbocycles. The lowest BCUT2D eigenvalue weighted by Gasteiger charge is -2.26. The van der Waals surface area contributed by atoms with Crippen LogP contribution < -0.4 is 5.32 Å². The predicted molar refractivity (Wildman–Crippen MR) is 81.5 cm³/mol. The number of aromatic nitrogens is 1. The molecule has 4 nitrogen and oxygen atoms in total. The smallest absolute Gasteiger partial charge is 0.0544 e. The van der Waals surface area contributed by atoms with E-state index in [1.165, 1.54) is 18.4 Å². The van der Waals surface area contributed by atoms with Crippen LogP contribution in [0.15, 0.2) is 18.3 Å². The molecule has 0 aromatic carbocycles. The zero-order chi connectivity index (χ0) is 14.2. The summed E-state index contributed by atoms with van der Waals surface area (Å²) in [5.41, 5.74) is 2.39. The minimum absolute atomic E-state index is 0.682. The van der Waals surface area contributed by atoms with Gasteiger partial charge in [-0.15, -0.1) is 0 Å². The van der Waals surface area contributed by atoms with Crippen LogP contribution in [0.2, 0.25) is 0 Å². The van der Waals surface area contributed by atoms with E-state index in [-0.39, 0.29) is 0 Å². The van der Waals surface area contributed by atoms with Gasteiger partial charge in [-0.1, -0.05) is 13.0 Å². The Morgan fingerprint density at radius 2 is 2.35 bits per heavy atom. The Labute approximate surface area is 122 Å². The molecule has 2 heterocycles. The molecule has 1 atom stereocenters. The molecule has 1 aliphatic heterocycles. The molecule has 2 rings (SSSR count). The Hall–Kier alpha value is -0.970. The largest absolute Gasteiger partial charge is 0.381 e. The number of nitrogens with zero attached hydrogens (tertiary/aromatic N) is 2. The fourth-order valence-corrected chi connectivity index (χ4v) is 2.66. The average Bonchev–Trinajstić information content (AvgIpc) is 2.47. The van der Waals surface area contributed by atoms with Crippen LogP contribution in [0.5, 0.6) is 0 Å². The lowest BCUT2D eigenvalue weighted by Crippen LogP contribution is -2.30. The van der Waals surface area contributed by atoms with Crippen LogP contribution >= 0.6 is 0 Å². The van der Waals surface area contributed by atoms with E-state index in [0.29, 0.717) is 5.92 Å². The van der Waals surface area contributed by atoms with Gasteiger partial charge in [0.25, 0.3) is 0 Å². The maximum absolute atomic E-state index is 5.54. The molecule has 1 fully saturated rings. The molecule has 1 aromatic heterocycles. The van der Waals surface area contributed by atoms with E-state index in [4.69, 9.17) is 4.74 Å². The van der Waals surface area contributed by atoms with Crippen molar-refractivity contribution < 1.29 is 4.74 Å². The summed E-state index contributed by atoms with van der Waals surface area (Å²) < 4.78 is 5.54. The summed E-state index contributed by atoms with van der Waals surface area (Å²) in [7, 11) is 2.17. The molecule has 1 saturated heterocycles. The minimum atomic E-state index is 0.682. The van der Waals surface area contributed by atoms with Crippen molar-refractivity contribution in [3.63, 3.8) is 0 Å². The lowest BCUT2D eigenvalue weighted by molar-refractivity contribution is 0.0410. The number of rotatable bonds is 7. The van der Waals surface area contributed by atoms with E-state index >= 15 is 0 Å². The minimum Gasteiger partial charge on any atom is -0.381 e. The molecule has 1 unspecified atom stereocenters. The molecular formula is C16H27N3O. The number of ether oxygens (including phenoxy) is 1.